The summed E-state index contributed by atoms with van der Waals surface area (Å²) in [5.74, 6) is -0.979. The maximum atomic E-state index is 13.3. The van der Waals surface area contributed by atoms with E-state index in [1.807, 2.05) is 0 Å². The SMILES string of the molecule is CC(C)[C@H](N)C(=O)OCC[C@H](NC(=O)[C@@H]1SCCN1[SH](=O)=O)c1ccc(F)cc1. The van der Waals surface area contributed by atoms with Gasteiger partial charge in [0.25, 0.3) is 0 Å². The van der Waals surface area contributed by atoms with E-state index in [0.717, 1.165) is 4.31 Å². The van der Waals surface area contributed by atoms with Crippen molar-refractivity contribution in [3.8, 4) is 0 Å². The van der Waals surface area contributed by atoms with Crippen LogP contribution < -0.4 is 11.1 Å². The summed E-state index contributed by atoms with van der Waals surface area (Å²) in [7, 11) is -2.87. The van der Waals surface area contributed by atoms with E-state index in [4.69, 9.17) is 10.5 Å². The second kappa shape index (κ2) is 10.9. The third-order valence-corrected chi connectivity index (χ3v) is 6.74. The van der Waals surface area contributed by atoms with Gasteiger partial charge in [0, 0.05) is 18.7 Å². The fraction of sp³-hybridized carbons (Fsp3) is 0.556. The number of hydrogen-bond donors (Lipinski definition) is 3. The predicted octanol–water partition coefficient (Wildman–Crippen LogP) is 0.801. The molecular formula is C18H26FN3O5S2. The number of carbonyl (C=O) groups excluding carboxylic acids is 2. The third kappa shape index (κ3) is 6.66. The topological polar surface area (TPSA) is 119 Å². The summed E-state index contributed by atoms with van der Waals surface area (Å²) < 4.78 is 42.3. The molecule has 0 saturated carbocycles. The molecule has 0 unspecified atom stereocenters. The summed E-state index contributed by atoms with van der Waals surface area (Å²) >= 11 is 1.23. The number of nitrogens with one attached hydrogen (secondary N) is 1. The highest BCUT2D eigenvalue weighted by Gasteiger charge is 2.34. The fourth-order valence-corrected chi connectivity index (χ4v) is 4.87. The van der Waals surface area contributed by atoms with Gasteiger partial charge in [-0.2, -0.15) is 4.31 Å². The zero-order valence-corrected chi connectivity index (χ0v) is 18.0. The number of nitrogens with zero attached hydrogens (tertiary/aromatic N) is 1. The van der Waals surface area contributed by atoms with Crippen LogP contribution >= 0.6 is 11.8 Å². The molecule has 1 aliphatic rings. The van der Waals surface area contributed by atoms with Crippen LogP contribution in [0, 0.1) is 11.7 Å². The quantitative estimate of drug-likeness (QED) is 0.378. The zero-order valence-electron chi connectivity index (χ0n) is 16.2. The summed E-state index contributed by atoms with van der Waals surface area (Å²) in [6.07, 6.45) is 0.231. The van der Waals surface area contributed by atoms with Gasteiger partial charge in [-0.25, -0.2) is 12.8 Å². The van der Waals surface area contributed by atoms with Gasteiger partial charge < -0.3 is 15.8 Å². The number of halogens is 1. The minimum Gasteiger partial charge on any atom is -0.464 e. The number of ether oxygens (including phenoxy) is 1. The molecule has 29 heavy (non-hydrogen) atoms. The molecule has 1 aliphatic heterocycles. The van der Waals surface area contributed by atoms with Crippen LogP contribution in [0.15, 0.2) is 24.3 Å². The Kier molecular flexibility index (Phi) is 8.87. The monoisotopic (exact) mass is 447 g/mol. The molecule has 1 heterocycles. The average molecular weight is 448 g/mol. The summed E-state index contributed by atoms with van der Waals surface area (Å²) in [6, 6.07) is 4.25. The first kappa shape index (κ1) is 23.6. The van der Waals surface area contributed by atoms with Crippen molar-refractivity contribution >= 4 is 34.5 Å². The highest BCUT2D eigenvalue weighted by molar-refractivity contribution is 8.01. The third-order valence-electron chi connectivity index (χ3n) is 4.53. The number of amides is 1. The van der Waals surface area contributed by atoms with E-state index in [-0.39, 0.29) is 25.5 Å². The molecule has 1 aromatic rings. The van der Waals surface area contributed by atoms with Crippen LogP contribution in [0.4, 0.5) is 4.39 Å². The van der Waals surface area contributed by atoms with Crippen molar-refractivity contribution in [2.45, 2.75) is 37.7 Å². The van der Waals surface area contributed by atoms with Crippen LogP contribution in [0.3, 0.4) is 0 Å². The van der Waals surface area contributed by atoms with Crippen LogP contribution in [0.5, 0.6) is 0 Å². The Bertz CT molecular complexity index is 780. The molecule has 162 valence electrons. The van der Waals surface area contributed by atoms with Crippen LogP contribution in [-0.4, -0.2) is 54.9 Å². The lowest BCUT2D eigenvalue weighted by Gasteiger charge is -2.23. The van der Waals surface area contributed by atoms with Crippen molar-refractivity contribution in [1.29, 1.82) is 0 Å². The summed E-state index contributed by atoms with van der Waals surface area (Å²) in [5.41, 5.74) is 6.38. The second-order valence-electron chi connectivity index (χ2n) is 6.96. The first-order valence-corrected chi connectivity index (χ1v) is 11.4. The van der Waals surface area contributed by atoms with E-state index in [1.54, 1.807) is 13.8 Å². The van der Waals surface area contributed by atoms with Gasteiger partial charge in [0.1, 0.15) is 17.2 Å². The first-order valence-electron chi connectivity index (χ1n) is 9.21. The number of thioether (sulfide) groups is 1. The number of thiol groups is 1. The normalized spacial score (nSPS) is 19.3. The van der Waals surface area contributed by atoms with Crippen molar-refractivity contribution in [3.05, 3.63) is 35.6 Å². The molecule has 1 aromatic carbocycles. The minimum absolute atomic E-state index is 0.00107. The van der Waals surface area contributed by atoms with Gasteiger partial charge in [-0.15, -0.1) is 11.8 Å². The van der Waals surface area contributed by atoms with Crippen LogP contribution in [0.2, 0.25) is 0 Å². The smallest absolute Gasteiger partial charge is 0.323 e. The van der Waals surface area contributed by atoms with E-state index in [9.17, 15) is 22.4 Å². The molecule has 2 rings (SSSR count). The van der Waals surface area contributed by atoms with Gasteiger partial charge in [-0.1, -0.05) is 26.0 Å². The zero-order chi connectivity index (χ0) is 21.6. The number of rotatable bonds is 9. The number of benzene rings is 1. The van der Waals surface area contributed by atoms with E-state index in [1.165, 1.54) is 36.0 Å². The van der Waals surface area contributed by atoms with Crippen molar-refractivity contribution in [2.75, 3.05) is 18.9 Å². The van der Waals surface area contributed by atoms with Crippen molar-refractivity contribution in [2.24, 2.45) is 11.7 Å². The standard InChI is InChI=1S/C18H26FN3O5S2/c1-11(2)15(20)18(24)27-9-7-14(12-3-5-13(19)6-4-12)21-16(23)17-22(29(25)26)8-10-28-17/h3-6,11,14-15,17,29H,7-10,20H2,1-2H3,(H,21,23)/t14-,15-,17-/m0/s1. The summed E-state index contributed by atoms with van der Waals surface area (Å²) in [5, 5.41) is 1.94. The number of nitrogens with two attached hydrogens (primary N) is 1. The van der Waals surface area contributed by atoms with E-state index in [0.29, 0.717) is 11.3 Å². The Morgan fingerprint density at radius 2 is 2.00 bits per heavy atom. The van der Waals surface area contributed by atoms with E-state index >= 15 is 0 Å². The van der Waals surface area contributed by atoms with Crippen molar-refractivity contribution in [1.82, 2.24) is 9.62 Å². The van der Waals surface area contributed by atoms with E-state index in [2.05, 4.69) is 5.32 Å². The van der Waals surface area contributed by atoms with Crippen molar-refractivity contribution < 1.29 is 27.1 Å². The lowest BCUT2D eigenvalue weighted by atomic mass is 10.0. The second-order valence-corrected chi connectivity index (χ2v) is 9.14. The number of hydrogen-bond acceptors (Lipinski definition) is 7. The molecule has 0 radical (unpaired) electrons. The Balaban J connectivity index is 2.06. The van der Waals surface area contributed by atoms with Gasteiger partial charge >= 0.3 is 5.97 Å². The van der Waals surface area contributed by atoms with Crippen LogP contribution in [0.25, 0.3) is 0 Å². The molecule has 0 bridgehead atoms. The Hall–Kier alpha value is -1.69. The molecule has 1 fully saturated rings. The van der Waals surface area contributed by atoms with Crippen LogP contribution in [-0.2, 0) is 25.2 Å². The van der Waals surface area contributed by atoms with Gasteiger partial charge in [0.15, 0.2) is 0 Å². The van der Waals surface area contributed by atoms with Crippen LogP contribution in [0.1, 0.15) is 31.9 Å². The van der Waals surface area contributed by atoms with E-state index < -0.39 is 46.0 Å². The lowest BCUT2D eigenvalue weighted by Crippen LogP contribution is -2.43. The Morgan fingerprint density at radius 1 is 1.34 bits per heavy atom. The molecule has 3 atom stereocenters. The molecule has 1 saturated heterocycles. The van der Waals surface area contributed by atoms with Gasteiger partial charge in [-0.05, 0) is 23.6 Å². The number of esters is 1. The summed E-state index contributed by atoms with van der Waals surface area (Å²) in [6.45, 7) is 3.88. The molecule has 3 N–H and O–H groups in total. The predicted molar refractivity (Wildman–Crippen MR) is 109 cm³/mol. The summed E-state index contributed by atoms with van der Waals surface area (Å²) in [4.78, 5) is 24.6. The lowest BCUT2D eigenvalue weighted by molar-refractivity contribution is -0.146. The molecule has 1 amide bonds. The minimum atomic E-state index is -2.87. The molecule has 0 spiro atoms. The number of carbonyl (C=O) groups is 2. The molecule has 11 heteroatoms. The van der Waals surface area contributed by atoms with Gasteiger partial charge in [0.05, 0.1) is 12.6 Å². The van der Waals surface area contributed by atoms with Gasteiger partial charge in [0.2, 0.25) is 16.8 Å². The Labute approximate surface area is 175 Å². The fourth-order valence-electron chi connectivity index (χ4n) is 2.75. The maximum Gasteiger partial charge on any atom is 0.323 e. The molecular weight excluding hydrogens is 421 g/mol. The Morgan fingerprint density at radius 3 is 2.59 bits per heavy atom. The average Bonchev–Trinajstić information content (AvgIpc) is 3.17. The van der Waals surface area contributed by atoms with Gasteiger partial charge in [-0.3, -0.25) is 9.59 Å². The highest BCUT2D eigenvalue weighted by Crippen LogP contribution is 2.26. The first-order chi connectivity index (χ1) is 13.7. The van der Waals surface area contributed by atoms with Crippen molar-refractivity contribution in [3.63, 3.8) is 0 Å². The largest absolute Gasteiger partial charge is 0.464 e. The highest BCUT2D eigenvalue weighted by atomic mass is 32.2. The molecule has 8 nitrogen and oxygen atoms in total. The maximum absolute atomic E-state index is 13.3. The molecule has 0 aliphatic carbocycles. The molecule has 0 aromatic heterocycles.